The summed E-state index contributed by atoms with van der Waals surface area (Å²) in [5.74, 6) is 0. The number of aliphatic hydroxyl groups is 1. The molecular weight excluding hydrogens is 138 g/mol. The van der Waals surface area contributed by atoms with Gasteiger partial charge < -0.3 is 10.8 Å². The van der Waals surface area contributed by atoms with Gasteiger partial charge in [0.15, 0.2) is 0 Å². The van der Waals surface area contributed by atoms with Crippen molar-refractivity contribution in [2.45, 2.75) is 12.5 Å². The van der Waals surface area contributed by atoms with Gasteiger partial charge in [0.25, 0.3) is 0 Å². The van der Waals surface area contributed by atoms with Gasteiger partial charge in [-0.3, -0.25) is 0 Å². The molecule has 1 atom stereocenters. The maximum Gasteiger partial charge on any atom is 0.0909 e. The maximum atomic E-state index is 9.34. The Morgan fingerprint density at radius 3 is 3.09 bits per heavy atom. The second-order valence-electron chi connectivity index (χ2n) is 2.48. The molecule has 1 aliphatic rings. The highest BCUT2D eigenvalue weighted by Crippen LogP contribution is 2.08. The Morgan fingerprint density at radius 2 is 2.36 bits per heavy atom. The summed E-state index contributed by atoms with van der Waals surface area (Å²) in [7, 11) is 0. The number of hydrogen-bond acceptors (Lipinski definition) is 2. The second kappa shape index (κ2) is 4.11. The van der Waals surface area contributed by atoms with E-state index in [2.05, 4.69) is 0 Å². The third-order valence-electron chi connectivity index (χ3n) is 1.63. The van der Waals surface area contributed by atoms with E-state index in [1.165, 1.54) is 0 Å². The van der Waals surface area contributed by atoms with E-state index in [4.69, 9.17) is 5.73 Å². The Kier molecular flexibility index (Phi) is 3.08. The molecule has 0 saturated heterocycles. The van der Waals surface area contributed by atoms with Gasteiger partial charge in [0.1, 0.15) is 0 Å². The van der Waals surface area contributed by atoms with Crippen LogP contribution in [0.1, 0.15) is 6.42 Å². The average Bonchev–Trinajstić information content (AvgIpc) is 2.30. The largest absolute Gasteiger partial charge is 0.387 e. The van der Waals surface area contributed by atoms with E-state index in [9.17, 15) is 5.11 Å². The molecule has 1 rings (SSSR count). The summed E-state index contributed by atoms with van der Waals surface area (Å²) < 4.78 is 0. The van der Waals surface area contributed by atoms with Gasteiger partial charge in [0, 0.05) is 6.54 Å². The van der Waals surface area contributed by atoms with Crippen LogP contribution in [-0.2, 0) is 0 Å². The lowest BCUT2D eigenvalue weighted by Crippen LogP contribution is -2.21. The summed E-state index contributed by atoms with van der Waals surface area (Å²) in [6.07, 6.45) is 10.2. The normalized spacial score (nSPS) is 19.3. The minimum Gasteiger partial charge on any atom is -0.387 e. The summed E-state index contributed by atoms with van der Waals surface area (Å²) in [6, 6.07) is 0. The Morgan fingerprint density at radius 1 is 1.55 bits per heavy atom. The van der Waals surface area contributed by atoms with Crippen molar-refractivity contribution in [3.8, 4) is 0 Å². The van der Waals surface area contributed by atoms with E-state index < -0.39 is 6.10 Å². The van der Waals surface area contributed by atoms with Gasteiger partial charge in [-0.1, -0.05) is 30.4 Å². The summed E-state index contributed by atoms with van der Waals surface area (Å²) in [5.41, 5.74) is 6.22. The maximum absolute atomic E-state index is 9.34. The van der Waals surface area contributed by atoms with Crippen molar-refractivity contribution < 1.29 is 5.11 Å². The van der Waals surface area contributed by atoms with Gasteiger partial charge in [0.05, 0.1) is 6.10 Å². The molecule has 0 aliphatic heterocycles. The molecule has 0 aromatic heterocycles. The predicted molar refractivity (Wildman–Crippen MR) is 46.0 cm³/mol. The van der Waals surface area contributed by atoms with Crippen LogP contribution in [-0.4, -0.2) is 17.8 Å². The molecule has 11 heavy (non-hydrogen) atoms. The van der Waals surface area contributed by atoms with Crippen LogP contribution >= 0.6 is 0 Å². The molecule has 1 unspecified atom stereocenters. The van der Waals surface area contributed by atoms with Crippen LogP contribution < -0.4 is 5.73 Å². The average molecular weight is 151 g/mol. The lowest BCUT2D eigenvalue weighted by molar-refractivity contribution is 0.222. The highest BCUT2D eigenvalue weighted by molar-refractivity contribution is 5.29. The van der Waals surface area contributed by atoms with Crippen molar-refractivity contribution in [2.24, 2.45) is 5.73 Å². The van der Waals surface area contributed by atoms with Crippen LogP contribution in [0.15, 0.2) is 36.0 Å². The summed E-state index contributed by atoms with van der Waals surface area (Å²) in [4.78, 5) is 0. The first kappa shape index (κ1) is 8.24. The van der Waals surface area contributed by atoms with E-state index >= 15 is 0 Å². The first-order chi connectivity index (χ1) is 5.34. The molecule has 2 heteroatoms. The zero-order valence-electron chi connectivity index (χ0n) is 6.40. The molecule has 0 aromatic carbocycles. The number of nitrogens with two attached hydrogens (primary N) is 1. The van der Waals surface area contributed by atoms with Gasteiger partial charge >= 0.3 is 0 Å². The molecule has 0 saturated carbocycles. The van der Waals surface area contributed by atoms with Gasteiger partial charge in [0.2, 0.25) is 0 Å². The van der Waals surface area contributed by atoms with E-state index in [0.717, 1.165) is 12.0 Å². The number of hydrogen-bond donors (Lipinski definition) is 2. The second-order valence-corrected chi connectivity index (χ2v) is 2.48. The van der Waals surface area contributed by atoms with E-state index in [1.807, 2.05) is 30.4 Å². The van der Waals surface area contributed by atoms with E-state index in [0.29, 0.717) is 0 Å². The molecule has 0 heterocycles. The Labute approximate surface area is 66.7 Å². The van der Waals surface area contributed by atoms with Crippen molar-refractivity contribution in [1.82, 2.24) is 0 Å². The summed E-state index contributed by atoms with van der Waals surface area (Å²) >= 11 is 0. The zero-order chi connectivity index (χ0) is 8.10. The molecule has 0 fully saturated rings. The Bertz CT molecular complexity index is 204. The van der Waals surface area contributed by atoms with Crippen molar-refractivity contribution in [3.05, 3.63) is 36.0 Å². The molecule has 2 nitrogen and oxygen atoms in total. The molecule has 0 radical (unpaired) electrons. The number of allylic oxidation sites excluding steroid dienone is 4. The Balaban J connectivity index is 2.64. The minimum atomic E-state index is -0.508. The first-order valence-electron chi connectivity index (χ1n) is 3.76. The lowest BCUT2D eigenvalue weighted by Gasteiger charge is -2.07. The van der Waals surface area contributed by atoms with E-state index in [-0.39, 0.29) is 6.54 Å². The van der Waals surface area contributed by atoms with Crippen molar-refractivity contribution >= 4 is 0 Å². The lowest BCUT2D eigenvalue weighted by atomic mass is 10.1. The third kappa shape index (κ3) is 2.33. The zero-order valence-corrected chi connectivity index (χ0v) is 6.40. The highest BCUT2D eigenvalue weighted by Gasteiger charge is 2.04. The van der Waals surface area contributed by atoms with Crippen LogP contribution in [0.25, 0.3) is 0 Å². The smallest absolute Gasteiger partial charge is 0.0909 e. The third-order valence-corrected chi connectivity index (χ3v) is 1.63. The van der Waals surface area contributed by atoms with Crippen molar-refractivity contribution in [1.29, 1.82) is 0 Å². The monoisotopic (exact) mass is 151 g/mol. The molecule has 0 spiro atoms. The molecule has 60 valence electrons. The molecule has 0 aromatic rings. The van der Waals surface area contributed by atoms with Gasteiger partial charge in [-0.25, -0.2) is 0 Å². The predicted octanol–water partition coefficient (Wildman–Crippen LogP) is 0.749. The fraction of sp³-hybridized carbons (Fsp3) is 0.333. The van der Waals surface area contributed by atoms with Crippen LogP contribution in [0, 0.1) is 0 Å². The Hall–Kier alpha value is -0.860. The first-order valence-corrected chi connectivity index (χ1v) is 3.76. The van der Waals surface area contributed by atoms with Gasteiger partial charge in [-0.15, -0.1) is 0 Å². The van der Waals surface area contributed by atoms with Crippen LogP contribution in [0.2, 0.25) is 0 Å². The van der Waals surface area contributed by atoms with E-state index in [1.54, 1.807) is 0 Å². The van der Waals surface area contributed by atoms with Crippen LogP contribution in [0.4, 0.5) is 0 Å². The quantitative estimate of drug-likeness (QED) is 0.611. The molecule has 0 amide bonds. The summed E-state index contributed by atoms with van der Waals surface area (Å²) in [6.45, 7) is 0.288. The fourth-order valence-corrected chi connectivity index (χ4v) is 0.979. The standard InChI is InChI=1S/C9H13NO/c10-7-9(11)8-5-3-1-2-4-6-8/h1-3,5-6,9,11H,4,7,10H2. The van der Waals surface area contributed by atoms with Crippen LogP contribution in [0.5, 0.6) is 0 Å². The number of rotatable bonds is 2. The van der Waals surface area contributed by atoms with Gasteiger partial charge in [-0.05, 0) is 12.0 Å². The van der Waals surface area contributed by atoms with Gasteiger partial charge in [-0.2, -0.15) is 0 Å². The van der Waals surface area contributed by atoms with Crippen LogP contribution in [0.3, 0.4) is 0 Å². The SMILES string of the molecule is NCC(O)C1=CCC=CC=C1. The summed E-state index contributed by atoms with van der Waals surface area (Å²) in [5, 5.41) is 9.34. The number of aliphatic hydroxyl groups excluding tert-OH is 1. The molecular formula is C9H13NO. The minimum absolute atomic E-state index is 0.288. The topological polar surface area (TPSA) is 46.2 Å². The fourth-order valence-electron chi connectivity index (χ4n) is 0.979. The molecule has 3 N–H and O–H groups in total. The van der Waals surface area contributed by atoms with Crippen molar-refractivity contribution in [2.75, 3.05) is 6.54 Å². The molecule has 0 bridgehead atoms. The molecule has 1 aliphatic carbocycles. The van der Waals surface area contributed by atoms with Crippen molar-refractivity contribution in [3.63, 3.8) is 0 Å². The highest BCUT2D eigenvalue weighted by atomic mass is 16.3.